The van der Waals surface area contributed by atoms with Crippen LogP contribution in [0.15, 0.2) is 42.9 Å². The molecule has 0 unspecified atom stereocenters. The molecule has 1 amide bonds. The number of hydrogen-bond acceptors (Lipinski definition) is 4. The molecule has 0 spiro atoms. The molecule has 1 aliphatic carbocycles. The van der Waals surface area contributed by atoms with E-state index in [0.717, 1.165) is 60.5 Å². The Morgan fingerprint density at radius 1 is 1.18 bits per heavy atom. The van der Waals surface area contributed by atoms with Crippen molar-refractivity contribution < 1.29 is 4.79 Å². The van der Waals surface area contributed by atoms with Crippen molar-refractivity contribution in [3.05, 3.63) is 42.9 Å². The fourth-order valence-electron chi connectivity index (χ4n) is 4.25. The summed E-state index contributed by atoms with van der Waals surface area (Å²) in [5.41, 5.74) is 3.00. The summed E-state index contributed by atoms with van der Waals surface area (Å²) in [4.78, 5) is 29.5. The van der Waals surface area contributed by atoms with Crippen molar-refractivity contribution in [3.8, 4) is 11.1 Å². The van der Waals surface area contributed by atoms with E-state index < -0.39 is 0 Å². The maximum atomic E-state index is 12.8. The van der Waals surface area contributed by atoms with Crippen LogP contribution in [0, 0.1) is 5.41 Å². The lowest BCUT2D eigenvalue weighted by Gasteiger charge is -2.41. The van der Waals surface area contributed by atoms with Gasteiger partial charge in [-0.2, -0.15) is 0 Å². The second-order valence-electron chi connectivity index (χ2n) is 8.34. The van der Waals surface area contributed by atoms with Crippen LogP contribution in [0.3, 0.4) is 0 Å². The minimum Gasteiger partial charge on any atom is -0.350 e. The molecule has 28 heavy (non-hydrogen) atoms. The lowest BCUT2D eigenvalue weighted by molar-refractivity contribution is -0.137. The Hall–Kier alpha value is -2.89. The number of rotatable bonds is 3. The highest BCUT2D eigenvalue weighted by Crippen LogP contribution is 2.47. The minimum absolute atomic E-state index is 0.106. The first-order chi connectivity index (χ1) is 13.6. The number of nitrogens with one attached hydrogen (secondary N) is 1. The van der Waals surface area contributed by atoms with Gasteiger partial charge >= 0.3 is 0 Å². The van der Waals surface area contributed by atoms with Crippen molar-refractivity contribution >= 4 is 22.8 Å². The molecule has 2 fully saturated rings. The van der Waals surface area contributed by atoms with Crippen molar-refractivity contribution in [2.45, 2.75) is 32.7 Å². The molecule has 6 heteroatoms. The fraction of sp³-hybridized carbons (Fsp3) is 0.409. The molecule has 6 nitrogen and oxygen atoms in total. The second kappa shape index (κ2) is 6.33. The molecule has 2 aromatic heterocycles. The highest BCUT2D eigenvalue weighted by Gasteiger charge is 2.48. The number of amides is 1. The summed E-state index contributed by atoms with van der Waals surface area (Å²) in [6.45, 7) is 6.54. The molecule has 144 valence electrons. The van der Waals surface area contributed by atoms with Crippen molar-refractivity contribution in [1.29, 1.82) is 0 Å². The smallest absolute Gasteiger partial charge is 0.228 e. The number of hydrogen-bond donors (Lipinski definition) is 1. The summed E-state index contributed by atoms with van der Waals surface area (Å²) in [7, 11) is 0. The van der Waals surface area contributed by atoms with Gasteiger partial charge in [0.15, 0.2) is 0 Å². The Balaban J connectivity index is 1.48. The van der Waals surface area contributed by atoms with Gasteiger partial charge in [0, 0.05) is 42.9 Å². The molecule has 1 saturated heterocycles. The van der Waals surface area contributed by atoms with Crippen LogP contribution in [0.1, 0.15) is 26.7 Å². The molecule has 1 atom stereocenters. The number of carbonyl (C=O) groups excluding carboxylic acids is 1. The molecule has 5 rings (SSSR count). The van der Waals surface area contributed by atoms with Crippen molar-refractivity contribution in [3.63, 3.8) is 0 Å². The van der Waals surface area contributed by atoms with Gasteiger partial charge in [-0.25, -0.2) is 9.97 Å². The van der Waals surface area contributed by atoms with E-state index in [1.807, 2.05) is 29.3 Å². The summed E-state index contributed by atoms with van der Waals surface area (Å²) >= 11 is 0. The zero-order chi connectivity index (χ0) is 19.3. The molecular weight excluding hydrogens is 350 g/mol. The quantitative estimate of drug-likeness (QED) is 0.761. The maximum Gasteiger partial charge on any atom is 0.228 e. The number of nitrogens with zero attached hydrogens (tertiary/aromatic N) is 4. The van der Waals surface area contributed by atoms with Gasteiger partial charge < -0.3 is 14.8 Å². The third-order valence-electron chi connectivity index (χ3n) is 6.24. The largest absolute Gasteiger partial charge is 0.350 e. The molecule has 2 aliphatic rings. The summed E-state index contributed by atoms with van der Waals surface area (Å²) in [5, 5.41) is 1.05. The average molecular weight is 375 g/mol. The van der Waals surface area contributed by atoms with Gasteiger partial charge in [0.1, 0.15) is 17.8 Å². The van der Waals surface area contributed by atoms with Crippen LogP contribution in [0.25, 0.3) is 22.2 Å². The van der Waals surface area contributed by atoms with E-state index >= 15 is 0 Å². The predicted octanol–water partition coefficient (Wildman–Crippen LogP) is 3.46. The van der Waals surface area contributed by atoms with Gasteiger partial charge in [-0.1, -0.05) is 37.3 Å². The lowest BCUT2D eigenvalue weighted by Crippen LogP contribution is -2.55. The molecule has 0 bridgehead atoms. The van der Waals surface area contributed by atoms with Gasteiger partial charge in [0.05, 0.1) is 5.39 Å². The number of piperazine rings is 1. The van der Waals surface area contributed by atoms with Crippen LogP contribution in [0.4, 0.5) is 5.82 Å². The molecule has 1 N–H and O–H groups in total. The van der Waals surface area contributed by atoms with Crippen molar-refractivity contribution in [2.75, 3.05) is 24.5 Å². The molecule has 1 saturated carbocycles. The van der Waals surface area contributed by atoms with Crippen molar-refractivity contribution in [1.82, 2.24) is 19.9 Å². The average Bonchev–Trinajstić information content (AvgIpc) is 3.32. The third kappa shape index (κ3) is 2.75. The molecule has 0 radical (unpaired) electrons. The maximum absolute atomic E-state index is 12.8. The molecular formula is C22H25N5O. The molecule has 3 heterocycles. The zero-order valence-electron chi connectivity index (χ0n) is 16.4. The standard InChI is InChI=1S/C22H25N5O/c1-15-13-26(21(28)22(2)8-9-22)10-11-27(15)20-18-17(16-6-4-3-5-7-16)12-23-19(18)24-14-25-20/h3-7,12,14-15H,8-11,13H2,1-2H3,(H,23,24,25)/t15-/m0/s1. The number of H-pyrrole nitrogens is 1. The predicted molar refractivity (Wildman–Crippen MR) is 110 cm³/mol. The number of aromatic nitrogens is 3. The number of fused-ring (bicyclic) bond motifs is 1. The lowest BCUT2D eigenvalue weighted by atomic mass is 10.0. The van der Waals surface area contributed by atoms with E-state index in [1.165, 1.54) is 0 Å². The monoisotopic (exact) mass is 375 g/mol. The van der Waals surface area contributed by atoms with Crippen LogP contribution in [-0.4, -0.2) is 51.4 Å². The fourth-order valence-corrected chi connectivity index (χ4v) is 4.25. The van der Waals surface area contributed by atoms with E-state index in [2.05, 4.69) is 45.8 Å². The van der Waals surface area contributed by atoms with Crippen LogP contribution in [0.5, 0.6) is 0 Å². The SMILES string of the molecule is C[C@H]1CN(C(=O)C2(C)CC2)CCN1c1ncnc2[nH]cc(-c3ccccc3)c12. The van der Waals surface area contributed by atoms with E-state index in [1.54, 1.807) is 6.33 Å². The summed E-state index contributed by atoms with van der Waals surface area (Å²) in [5.74, 6) is 1.26. The summed E-state index contributed by atoms with van der Waals surface area (Å²) < 4.78 is 0. The summed E-state index contributed by atoms with van der Waals surface area (Å²) in [6, 6.07) is 10.5. The number of anilines is 1. The topological polar surface area (TPSA) is 65.1 Å². The Kier molecular flexibility index (Phi) is 3.89. The van der Waals surface area contributed by atoms with Crippen LogP contribution >= 0.6 is 0 Å². The molecule has 3 aromatic rings. The molecule has 1 aromatic carbocycles. The first-order valence-electron chi connectivity index (χ1n) is 10.0. The summed E-state index contributed by atoms with van der Waals surface area (Å²) in [6.07, 6.45) is 5.68. The van der Waals surface area contributed by atoms with Gasteiger partial charge in [0.25, 0.3) is 0 Å². The number of carbonyl (C=O) groups is 1. The molecule has 1 aliphatic heterocycles. The Bertz CT molecular complexity index is 1020. The first kappa shape index (κ1) is 17.2. The van der Waals surface area contributed by atoms with E-state index in [-0.39, 0.29) is 11.5 Å². The minimum atomic E-state index is -0.106. The van der Waals surface area contributed by atoms with Gasteiger partial charge in [-0.05, 0) is 25.3 Å². The Labute approximate surface area is 164 Å². The van der Waals surface area contributed by atoms with Crippen LogP contribution < -0.4 is 4.90 Å². The van der Waals surface area contributed by atoms with Crippen LogP contribution in [0.2, 0.25) is 0 Å². The Morgan fingerprint density at radius 3 is 2.68 bits per heavy atom. The van der Waals surface area contributed by atoms with Gasteiger partial charge in [-0.3, -0.25) is 4.79 Å². The Morgan fingerprint density at radius 2 is 1.96 bits per heavy atom. The second-order valence-corrected chi connectivity index (χ2v) is 8.34. The van der Waals surface area contributed by atoms with Crippen molar-refractivity contribution in [2.24, 2.45) is 5.41 Å². The third-order valence-corrected chi connectivity index (χ3v) is 6.24. The van der Waals surface area contributed by atoms with Crippen LogP contribution in [-0.2, 0) is 4.79 Å². The zero-order valence-corrected chi connectivity index (χ0v) is 16.4. The highest BCUT2D eigenvalue weighted by molar-refractivity contribution is 6.01. The van der Waals surface area contributed by atoms with Gasteiger partial charge in [0.2, 0.25) is 5.91 Å². The van der Waals surface area contributed by atoms with Gasteiger partial charge in [-0.15, -0.1) is 0 Å². The van der Waals surface area contributed by atoms with E-state index in [0.29, 0.717) is 5.91 Å². The first-order valence-corrected chi connectivity index (χ1v) is 10.0. The number of benzene rings is 1. The highest BCUT2D eigenvalue weighted by atomic mass is 16.2. The van der Waals surface area contributed by atoms with E-state index in [4.69, 9.17) is 0 Å². The number of aromatic amines is 1. The normalized spacial score (nSPS) is 21.1. The van der Waals surface area contributed by atoms with E-state index in [9.17, 15) is 4.79 Å².